The molecule has 3 aromatic rings. The van der Waals surface area contributed by atoms with Crippen molar-refractivity contribution in [1.82, 2.24) is 4.98 Å². The number of nitrogens with one attached hydrogen (secondary N) is 1. The standard InChI is InChI=1S/C17H11Cl2FN2O2/c18-10-3-5-13(20)14(8-10)22-16(23)9-24-15-6-4-12(19)11-2-1-7-21-17(11)15/h1-8H,9H2,(H,22,23). The minimum absolute atomic E-state index is 0.00445. The molecule has 24 heavy (non-hydrogen) atoms. The Balaban J connectivity index is 1.73. The Morgan fingerprint density at radius 1 is 1.21 bits per heavy atom. The Morgan fingerprint density at radius 2 is 2.04 bits per heavy atom. The van der Waals surface area contributed by atoms with Crippen LogP contribution in [0, 0.1) is 5.82 Å². The summed E-state index contributed by atoms with van der Waals surface area (Å²) in [4.78, 5) is 16.2. The van der Waals surface area contributed by atoms with Gasteiger partial charge in [-0.3, -0.25) is 9.78 Å². The largest absolute Gasteiger partial charge is 0.481 e. The van der Waals surface area contributed by atoms with E-state index in [1.807, 2.05) is 0 Å². The van der Waals surface area contributed by atoms with Gasteiger partial charge in [-0.25, -0.2) is 4.39 Å². The predicted molar refractivity (Wildman–Crippen MR) is 92.3 cm³/mol. The van der Waals surface area contributed by atoms with Gasteiger partial charge in [-0.2, -0.15) is 0 Å². The number of nitrogens with zero attached hydrogens (tertiary/aromatic N) is 1. The quantitative estimate of drug-likeness (QED) is 0.729. The topological polar surface area (TPSA) is 51.2 Å². The van der Waals surface area contributed by atoms with E-state index in [4.69, 9.17) is 27.9 Å². The molecule has 0 fully saturated rings. The van der Waals surface area contributed by atoms with E-state index in [0.29, 0.717) is 21.3 Å². The average Bonchev–Trinajstić information content (AvgIpc) is 2.58. The highest BCUT2D eigenvalue weighted by Crippen LogP contribution is 2.29. The van der Waals surface area contributed by atoms with E-state index in [1.54, 1.807) is 30.5 Å². The minimum Gasteiger partial charge on any atom is -0.481 e. The molecule has 122 valence electrons. The number of hydrogen-bond donors (Lipinski definition) is 1. The van der Waals surface area contributed by atoms with Crippen molar-refractivity contribution in [2.75, 3.05) is 11.9 Å². The van der Waals surface area contributed by atoms with Gasteiger partial charge >= 0.3 is 0 Å². The zero-order chi connectivity index (χ0) is 17.1. The molecule has 1 N–H and O–H groups in total. The van der Waals surface area contributed by atoms with E-state index < -0.39 is 11.7 Å². The molecular formula is C17H11Cl2FN2O2. The zero-order valence-corrected chi connectivity index (χ0v) is 13.7. The van der Waals surface area contributed by atoms with Gasteiger partial charge in [0.15, 0.2) is 6.61 Å². The Bertz CT molecular complexity index is 918. The van der Waals surface area contributed by atoms with Gasteiger partial charge in [0.1, 0.15) is 17.1 Å². The fourth-order valence-electron chi connectivity index (χ4n) is 2.15. The summed E-state index contributed by atoms with van der Waals surface area (Å²) in [5, 5.41) is 3.99. The fraction of sp³-hybridized carbons (Fsp3) is 0.0588. The number of carbonyl (C=O) groups is 1. The van der Waals surface area contributed by atoms with Crippen molar-refractivity contribution in [3.8, 4) is 5.75 Å². The Kier molecular flexibility index (Phi) is 4.83. The summed E-state index contributed by atoms with van der Waals surface area (Å²) in [6, 6.07) is 10.8. The number of pyridine rings is 1. The molecule has 2 aromatic carbocycles. The van der Waals surface area contributed by atoms with Crippen molar-refractivity contribution in [1.29, 1.82) is 0 Å². The Labute approximate surface area is 147 Å². The van der Waals surface area contributed by atoms with Crippen molar-refractivity contribution < 1.29 is 13.9 Å². The van der Waals surface area contributed by atoms with E-state index in [-0.39, 0.29) is 12.3 Å². The summed E-state index contributed by atoms with van der Waals surface area (Å²) in [6.07, 6.45) is 1.60. The number of rotatable bonds is 4. The first-order valence-electron chi connectivity index (χ1n) is 6.95. The molecule has 0 saturated heterocycles. The van der Waals surface area contributed by atoms with E-state index in [9.17, 15) is 9.18 Å². The summed E-state index contributed by atoms with van der Waals surface area (Å²) < 4.78 is 19.1. The van der Waals surface area contributed by atoms with Gasteiger partial charge in [0.05, 0.1) is 10.7 Å². The molecule has 0 atom stereocenters. The summed E-state index contributed by atoms with van der Waals surface area (Å²) >= 11 is 11.9. The van der Waals surface area contributed by atoms with Crippen LogP contribution in [0.25, 0.3) is 10.9 Å². The Hall–Kier alpha value is -2.37. The molecule has 0 saturated carbocycles. The number of hydrogen-bond acceptors (Lipinski definition) is 3. The van der Waals surface area contributed by atoms with E-state index >= 15 is 0 Å². The number of halogens is 3. The normalized spacial score (nSPS) is 10.6. The number of fused-ring (bicyclic) bond motifs is 1. The van der Waals surface area contributed by atoms with E-state index in [0.717, 1.165) is 5.39 Å². The maximum Gasteiger partial charge on any atom is 0.262 e. The Morgan fingerprint density at radius 3 is 2.88 bits per heavy atom. The van der Waals surface area contributed by atoms with E-state index in [1.165, 1.54) is 18.2 Å². The monoisotopic (exact) mass is 364 g/mol. The maximum atomic E-state index is 13.6. The van der Waals surface area contributed by atoms with Crippen molar-refractivity contribution in [3.05, 3.63) is 64.5 Å². The number of ether oxygens (including phenoxy) is 1. The molecule has 1 amide bonds. The van der Waals surface area contributed by atoms with Crippen LogP contribution in [0.4, 0.5) is 10.1 Å². The lowest BCUT2D eigenvalue weighted by Crippen LogP contribution is -2.21. The zero-order valence-electron chi connectivity index (χ0n) is 12.2. The van der Waals surface area contributed by atoms with Crippen LogP contribution >= 0.6 is 23.2 Å². The van der Waals surface area contributed by atoms with Crippen LogP contribution in [0.3, 0.4) is 0 Å². The van der Waals surface area contributed by atoms with Crippen molar-refractivity contribution in [2.24, 2.45) is 0 Å². The number of anilines is 1. The molecule has 0 aliphatic carbocycles. The number of amides is 1. The number of aromatic nitrogens is 1. The molecule has 1 aromatic heterocycles. The molecule has 4 nitrogen and oxygen atoms in total. The molecule has 0 unspecified atom stereocenters. The highest BCUT2D eigenvalue weighted by Gasteiger charge is 2.11. The van der Waals surface area contributed by atoms with Crippen LogP contribution in [-0.2, 0) is 4.79 Å². The lowest BCUT2D eigenvalue weighted by atomic mass is 10.2. The van der Waals surface area contributed by atoms with Gasteiger partial charge in [0.2, 0.25) is 0 Å². The first-order valence-corrected chi connectivity index (χ1v) is 7.71. The summed E-state index contributed by atoms with van der Waals surface area (Å²) in [5.41, 5.74) is 0.543. The highest BCUT2D eigenvalue weighted by atomic mass is 35.5. The molecule has 0 radical (unpaired) electrons. The molecule has 3 rings (SSSR count). The van der Waals surface area contributed by atoms with Crippen molar-refractivity contribution >= 4 is 45.7 Å². The van der Waals surface area contributed by atoms with Gasteiger partial charge in [-0.1, -0.05) is 23.2 Å². The summed E-state index contributed by atoms with van der Waals surface area (Å²) in [7, 11) is 0. The van der Waals surface area contributed by atoms with Gasteiger partial charge in [0.25, 0.3) is 5.91 Å². The second kappa shape index (κ2) is 7.03. The van der Waals surface area contributed by atoms with Gasteiger partial charge in [0, 0.05) is 16.6 Å². The maximum absolute atomic E-state index is 13.6. The van der Waals surface area contributed by atoms with Gasteiger partial charge < -0.3 is 10.1 Å². The van der Waals surface area contributed by atoms with Gasteiger partial charge in [-0.05, 0) is 42.5 Å². The molecule has 0 bridgehead atoms. The molecule has 0 spiro atoms. The van der Waals surface area contributed by atoms with Crippen LogP contribution in [-0.4, -0.2) is 17.5 Å². The van der Waals surface area contributed by atoms with E-state index in [2.05, 4.69) is 10.3 Å². The fourth-order valence-corrected chi connectivity index (χ4v) is 2.54. The molecule has 0 aliphatic rings. The third-order valence-corrected chi connectivity index (χ3v) is 3.81. The highest BCUT2D eigenvalue weighted by molar-refractivity contribution is 6.35. The van der Waals surface area contributed by atoms with Crippen LogP contribution in [0.5, 0.6) is 5.75 Å². The predicted octanol–water partition coefficient (Wildman–Crippen LogP) is 4.70. The molecule has 1 heterocycles. The third-order valence-electron chi connectivity index (χ3n) is 3.24. The van der Waals surface area contributed by atoms with Gasteiger partial charge in [-0.15, -0.1) is 0 Å². The van der Waals surface area contributed by atoms with Crippen LogP contribution < -0.4 is 10.1 Å². The second-order valence-corrected chi connectivity index (χ2v) is 5.75. The lowest BCUT2D eigenvalue weighted by molar-refractivity contribution is -0.118. The summed E-state index contributed by atoms with van der Waals surface area (Å²) in [6.45, 7) is -0.306. The number of carbonyl (C=O) groups excluding carboxylic acids is 1. The third kappa shape index (κ3) is 3.58. The SMILES string of the molecule is O=C(COc1ccc(Cl)c2cccnc12)Nc1cc(Cl)ccc1F. The van der Waals surface area contributed by atoms with Crippen molar-refractivity contribution in [3.63, 3.8) is 0 Å². The van der Waals surface area contributed by atoms with Crippen LogP contribution in [0.15, 0.2) is 48.7 Å². The van der Waals surface area contributed by atoms with Crippen molar-refractivity contribution in [2.45, 2.75) is 0 Å². The van der Waals surface area contributed by atoms with Crippen LogP contribution in [0.1, 0.15) is 0 Å². The molecular weight excluding hydrogens is 354 g/mol. The average molecular weight is 365 g/mol. The van der Waals surface area contributed by atoms with Crippen LogP contribution in [0.2, 0.25) is 10.0 Å². The summed E-state index contributed by atoms with van der Waals surface area (Å²) in [5.74, 6) is -0.682. The second-order valence-electron chi connectivity index (χ2n) is 4.91. The first-order chi connectivity index (χ1) is 11.5. The molecule has 0 aliphatic heterocycles. The first kappa shape index (κ1) is 16.5. The molecule has 7 heteroatoms. The minimum atomic E-state index is -0.577. The lowest BCUT2D eigenvalue weighted by Gasteiger charge is -2.10. The number of benzene rings is 2. The smallest absolute Gasteiger partial charge is 0.262 e.